The molecule has 0 radical (unpaired) electrons. The van der Waals surface area contributed by atoms with E-state index in [1.165, 1.54) is 44.3 Å². The number of carbonyl (C=O) groups is 2. The van der Waals surface area contributed by atoms with Crippen LogP contribution in [-0.4, -0.2) is 43.6 Å². The maximum Gasteiger partial charge on any atom is 0.418 e. The molecule has 196 valence electrons. The van der Waals surface area contributed by atoms with Gasteiger partial charge in [-0.2, -0.15) is 21.9 Å². The number of nitrogens with one attached hydrogen (secondary N) is 1. The Morgan fingerprint density at radius 2 is 1.92 bits per heavy atom. The maximum absolute atomic E-state index is 13.6. The van der Waals surface area contributed by atoms with Gasteiger partial charge in [-0.05, 0) is 43.7 Å². The van der Waals surface area contributed by atoms with Gasteiger partial charge in [0.1, 0.15) is 22.8 Å². The maximum atomic E-state index is 13.6. The topological polar surface area (TPSA) is 107 Å². The molecule has 2 aromatic heterocycles. The molecule has 8 nitrogen and oxygen atoms in total. The lowest BCUT2D eigenvalue weighted by Crippen LogP contribution is -2.34. The van der Waals surface area contributed by atoms with Crippen molar-refractivity contribution in [2.24, 2.45) is 0 Å². The molecule has 3 rings (SSSR count). The Hall–Kier alpha value is -3.42. The third kappa shape index (κ3) is 6.48. The average molecular weight is 559 g/mol. The fraction of sp³-hybridized carbons (Fsp3) is 0.217. The molecular formula is C23H19ClF4N4O4S. The van der Waals surface area contributed by atoms with Gasteiger partial charge in [0.05, 0.1) is 18.3 Å². The van der Waals surface area contributed by atoms with E-state index in [0.29, 0.717) is 6.20 Å². The van der Waals surface area contributed by atoms with Crippen molar-refractivity contribution in [1.29, 1.82) is 0 Å². The Balaban J connectivity index is 2.00. The van der Waals surface area contributed by atoms with Gasteiger partial charge in [0.2, 0.25) is 11.8 Å². The van der Waals surface area contributed by atoms with E-state index in [1.807, 2.05) is 0 Å². The quantitative estimate of drug-likeness (QED) is 0.189. The highest BCUT2D eigenvalue weighted by Crippen LogP contribution is 2.37. The molecule has 0 saturated carbocycles. The van der Waals surface area contributed by atoms with Crippen LogP contribution >= 0.6 is 11.6 Å². The molecule has 0 aliphatic rings. The summed E-state index contributed by atoms with van der Waals surface area (Å²) >= 11 is 3.53. The standard InChI is InChI=1S/C23H19ClF4N4O4S/c1-12-16(23(26,27)28)11-29-22(36-17-7-8-18(25)30-13(17)2)20(12)21(34)31-14-5-4-6-15(9-14)37(35)32(3)19(33)10-24/h4-9,11H,10H2,1-3H3,(H,31,34)/t37-/m1/s1. The monoisotopic (exact) mass is 558 g/mol. The first-order valence-corrected chi connectivity index (χ1v) is 12.0. The van der Waals surface area contributed by atoms with Gasteiger partial charge >= 0.3 is 6.18 Å². The van der Waals surface area contributed by atoms with Crippen LogP contribution < -0.4 is 10.1 Å². The first-order chi connectivity index (χ1) is 17.3. The lowest BCUT2D eigenvalue weighted by atomic mass is 10.0. The molecule has 0 bridgehead atoms. The second-order valence-corrected chi connectivity index (χ2v) is 9.34. The Morgan fingerprint density at radius 3 is 2.54 bits per heavy atom. The number of alkyl halides is 4. The first kappa shape index (κ1) is 28.2. The summed E-state index contributed by atoms with van der Waals surface area (Å²) in [5.41, 5.74) is -1.99. The molecule has 1 N–H and O–H groups in total. The zero-order chi connectivity index (χ0) is 27.5. The fourth-order valence-electron chi connectivity index (χ4n) is 3.15. The zero-order valence-electron chi connectivity index (χ0n) is 19.5. The van der Waals surface area contributed by atoms with Crippen LogP contribution in [0.25, 0.3) is 0 Å². The minimum Gasteiger partial charge on any atom is -0.588 e. The van der Waals surface area contributed by atoms with Crippen LogP contribution in [-0.2, 0) is 22.3 Å². The van der Waals surface area contributed by atoms with E-state index in [1.54, 1.807) is 0 Å². The number of ether oxygens (including phenoxy) is 1. The van der Waals surface area contributed by atoms with Crippen molar-refractivity contribution in [3.63, 3.8) is 0 Å². The van der Waals surface area contributed by atoms with E-state index in [-0.39, 0.29) is 22.0 Å². The number of pyridine rings is 2. The van der Waals surface area contributed by atoms with Gasteiger partial charge in [-0.1, -0.05) is 6.07 Å². The first-order valence-electron chi connectivity index (χ1n) is 10.4. The Labute approximate surface area is 216 Å². The molecule has 0 fully saturated rings. The van der Waals surface area contributed by atoms with E-state index < -0.39 is 63.8 Å². The highest BCUT2D eigenvalue weighted by Gasteiger charge is 2.36. The Bertz CT molecular complexity index is 1340. The summed E-state index contributed by atoms with van der Waals surface area (Å²) in [7, 11) is 1.28. The van der Waals surface area contributed by atoms with Crippen molar-refractivity contribution in [2.45, 2.75) is 24.9 Å². The van der Waals surface area contributed by atoms with E-state index in [9.17, 15) is 31.7 Å². The second-order valence-electron chi connectivity index (χ2n) is 7.55. The Kier molecular flexibility index (Phi) is 8.61. The summed E-state index contributed by atoms with van der Waals surface area (Å²) in [4.78, 5) is 32.4. The van der Waals surface area contributed by atoms with E-state index in [2.05, 4.69) is 15.3 Å². The molecule has 37 heavy (non-hydrogen) atoms. The summed E-state index contributed by atoms with van der Waals surface area (Å²) in [6, 6.07) is 7.75. The van der Waals surface area contributed by atoms with Gasteiger partial charge in [-0.15, -0.1) is 11.6 Å². The minimum atomic E-state index is -4.81. The molecule has 0 unspecified atom stereocenters. The highest BCUT2D eigenvalue weighted by atomic mass is 35.5. The molecule has 0 spiro atoms. The molecule has 0 saturated heterocycles. The summed E-state index contributed by atoms with van der Waals surface area (Å²) in [6.45, 7) is 2.49. The molecule has 0 aliphatic carbocycles. The number of halogens is 5. The van der Waals surface area contributed by atoms with E-state index in [0.717, 1.165) is 17.3 Å². The fourth-order valence-corrected chi connectivity index (χ4v) is 4.39. The summed E-state index contributed by atoms with van der Waals surface area (Å²) in [5, 5.41) is 2.44. The van der Waals surface area contributed by atoms with Gasteiger partial charge in [-0.25, -0.2) is 9.97 Å². The number of anilines is 1. The molecule has 0 aliphatic heterocycles. The van der Waals surface area contributed by atoms with Gasteiger partial charge in [-0.3, -0.25) is 9.59 Å². The van der Waals surface area contributed by atoms with Crippen LogP contribution in [0.1, 0.15) is 27.2 Å². The summed E-state index contributed by atoms with van der Waals surface area (Å²) in [6.07, 6.45) is -4.28. The molecule has 1 aromatic carbocycles. The van der Waals surface area contributed by atoms with Crippen LogP contribution in [0.5, 0.6) is 11.6 Å². The van der Waals surface area contributed by atoms with Gasteiger partial charge in [0.25, 0.3) is 11.8 Å². The average Bonchev–Trinajstić information content (AvgIpc) is 2.83. The number of hydrogen-bond acceptors (Lipinski definition) is 6. The van der Waals surface area contributed by atoms with Crippen LogP contribution in [0.4, 0.5) is 23.2 Å². The van der Waals surface area contributed by atoms with Crippen LogP contribution in [0, 0.1) is 19.8 Å². The van der Waals surface area contributed by atoms with Crippen molar-refractivity contribution >= 4 is 40.5 Å². The van der Waals surface area contributed by atoms with E-state index >= 15 is 0 Å². The highest BCUT2D eigenvalue weighted by molar-refractivity contribution is 7.89. The Morgan fingerprint density at radius 1 is 1.22 bits per heavy atom. The second kappa shape index (κ2) is 11.3. The zero-order valence-corrected chi connectivity index (χ0v) is 21.1. The van der Waals surface area contributed by atoms with Crippen LogP contribution in [0.3, 0.4) is 0 Å². The minimum absolute atomic E-state index is 0.0218. The lowest BCUT2D eigenvalue weighted by molar-refractivity contribution is -0.138. The van der Waals surface area contributed by atoms with E-state index in [4.69, 9.17) is 16.3 Å². The number of amides is 2. The van der Waals surface area contributed by atoms with Gasteiger partial charge in [0.15, 0.2) is 10.6 Å². The number of rotatable bonds is 7. The summed E-state index contributed by atoms with van der Waals surface area (Å²) in [5.74, 6) is -3.29. The number of aryl methyl sites for hydroxylation is 1. The normalized spacial score (nSPS) is 12.1. The van der Waals surface area contributed by atoms with Crippen molar-refractivity contribution < 1.29 is 36.4 Å². The molecule has 3 aromatic rings. The molecule has 2 heterocycles. The molecule has 1 atom stereocenters. The van der Waals surface area contributed by atoms with Crippen LogP contribution in [0.15, 0.2) is 47.5 Å². The molecular weight excluding hydrogens is 540 g/mol. The number of aromatic nitrogens is 2. The van der Waals surface area contributed by atoms with Gasteiger partial charge < -0.3 is 14.6 Å². The SMILES string of the molecule is Cc1nc(F)ccc1Oc1ncc(C(F)(F)F)c(C)c1C(=O)Nc1cccc([S@@+]([O-])N(C)C(=O)CCl)c1. The predicted molar refractivity (Wildman–Crippen MR) is 127 cm³/mol. The largest absolute Gasteiger partial charge is 0.588 e. The number of carbonyl (C=O) groups excluding carboxylic acids is 2. The number of nitrogens with zero attached hydrogens (tertiary/aromatic N) is 3. The summed E-state index contributed by atoms with van der Waals surface area (Å²) < 4.78 is 73.1. The third-order valence-corrected chi connectivity index (χ3v) is 6.64. The lowest BCUT2D eigenvalue weighted by Gasteiger charge is -2.19. The number of benzene rings is 1. The van der Waals surface area contributed by atoms with Crippen molar-refractivity contribution in [3.05, 3.63) is 70.9 Å². The number of hydrogen-bond donors (Lipinski definition) is 1. The molecule has 14 heteroatoms. The predicted octanol–water partition coefficient (Wildman–Crippen LogP) is 5.02. The van der Waals surface area contributed by atoms with Crippen molar-refractivity contribution in [3.8, 4) is 11.6 Å². The molecule has 2 amide bonds. The van der Waals surface area contributed by atoms with Crippen molar-refractivity contribution in [1.82, 2.24) is 14.3 Å². The van der Waals surface area contributed by atoms with Crippen LogP contribution in [0.2, 0.25) is 0 Å². The smallest absolute Gasteiger partial charge is 0.418 e. The van der Waals surface area contributed by atoms with Crippen molar-refractivity contribution in [2.75, 3.05) is 18.2 Å². The van der Waals surface area contributed by atoms with Gasteiger partial charge in [0, 0.05) is 18.0 Å². The third-order valence-electron chi connectivity index (χ3n) is 5.05.